The van der Waals surface area contributed by atoms with Crippen molar-refractivity contribution < 1.29 is 13.2 Å². The van der Waals surface area contributed by atoms with Crippen molar-refractivity contribution in [3.63, 3.8) is 0 Å². The van der Waals surface area contributed by atoms with Crippen molar-refractivity contribution in [2.75, 3.05) is 32.7 Å². The molecule has 1 rings (SSSR count). The van der Waals surface area contributed by atoms with Gasteiger partial charge in [0.1, 0.15) is 0 Å². The Labute approximate surface area is 103 Å². The maximum atomic E-state index is 11.7. The van der Waals surface area contributed by atoms with Gasteiger partial charge in [-0.05, 0) is 20.8 Å². The molecule has 1 amide bonds. The SMILES string of the molecule is CC(C)(C)S(=O)(=O)NCC(=O)N1CCNCC1. The van der Waals surface area contributed by atoms with Gasteiger partial charge >= 0.3 is 0 Å². The number of amides is 1. The zero-order valence-electron chi connectivity index (χ0n) is 10.6. The quantitative estimate of drug-likeness (QED) is 0.694. The lowest BCUT2D eigenvalue weighted by molar-refractivity contribution is -0.130. The lowest BCUT2D eigenvalue weighted by Gasteiger charge is -2.28. The van der Waals surface area contributed by atoms with Crippen molar-refractivity contribution >= 4 is 15.9 Å². The average molecular weight is 263 g/mol. The Morgan fingerprint density at radius 2 is 1.82 bits per heavy atom. The van der Waals surface area contributed by atoms with Crippen LogP contribution in [0.25, 0.3) is 0 Å². The molecule has 0 spiro atoms. The molecule has 0 atom stereocenters. The van der Waals surface area contributed by atoms with Crippen molar-refractivity contribution in [2.24, 2.45) is 0 Å². The molecule has 0 unspecified atom stereocenters. The van der Waals surface area contributed by atoms with Crippen molar-refractivity contribution in [2.45, 2.75) is 25.5 Å². The molecule has 0 aromatic carbocycles. The Morgan fingerprint density at radius 3 is 2.29 bits per heavy atom. The molecule has 1 saturated heterocycles. The fourth-order valence-corrected chi connectivity index (χ4v) is 2.15. The Kier molecular flexibility index (Phi) is 4.51. The highest BCUT2D eigenvalue weighted by Gasteiger charge is 2.29. The van der Waals surface area contributed by atoms with E-state index in [1.165, 1.54) is 0 Å². The molecule has 1 aliphatic rings. The van der Waals surface area contributed by atoms with E-state index in [9.17, 15) is 13.2 Å². The van der Waals surface area contributed by atoms with Crippen LogP contribution in [0.5, 0.6) is 0 Å². The van der Waals surface area contributed by atoms with Crippen molar-refractivity contribution in [3.05, 3.63) is 0 Å². The molecule has 0 aromatic heterocycles. The van der Waals surface area contributed by atoms with Gasteiger partial charge in [0, 0.05) is 26.2 Å². The molecule has 2 N–H and O–H groups in total. The molecule has 0 radical (unpaired) electrons. The lowest BCUT2D eigenvalue weighted by Crippen LogP contribution is -2.51. The summed E-state index contributed by atoms with van der Waals surface area (Å²) >= 11 is 0. The van der Waals surface area contributed by atoms with Crippen LogP contribution in [0.4, 0.5) is 0 Å². The molecule has 1 aliphatic heterocycles. The minimum absolute atomic E-state index is 0.153. The Bertz CT molecular complexity index is 367. The summed E-state index contributed by atoms with van der Waals surface area (Å²) in [6, 6.07) is 0. The number of piperazine rings is 1. The Morgan fingerprint density at radius 1 is 1.29 bits per heavy atom. The molecular formula is C10H21N3O3S. The Hall–Kier alpha value is -0.660. The average Bonchev–Trinajstić information content (AvgIpc) is 2.25. The number of sulfonamides is 1. The summed E-state index contributed by atoms with van der Waals surface area (Å²) in [6.45, 7) is 7.45. The first-order valence-corrected chi connectivity index (χ1v) is 7.20. The molecule has 17 heavy (non-hydrogen) atoms. The monoisotopic (exact) mass is 263 g/mol. The summed E-state index contributed by atoms with van der Waals surface area (Å²) in [5.41, 5.74) is 0. The third-order valence-corrected chi connectivity index (χ3v) is 4.83. The van der Waals surface area contributed by atoms with Gasteiger partial charge in [0.05, 0.1) is 11.3 Å². The highest BCUT2D eigenvalue weighted by atomic mass is 32.2. The first-order valence-electron chi connectivity index (χ1n) is 5.72. The molecule has 0 aromatic rings. The minimum Gasteiger partial charge on any atom is -0.339 e. The number of rotatable bonds is 3. The van der Waals surface area contributed by atoms with Crippen molar-refractivity contribution in [1.29, 1.82) is 0 Å². The molecule has 0 saturated carbocycles. The van der Waals surface area contributed by atoms with Crippen LogP contribution in [0.2, 0.25) is 0 Å². The number of nitrogens with one attached hydrogen (secondary N) is 2. The molecule has 0 aliphatic carbocycles. The zero-order chi connectivity index (χ0) is 13.1. The van der Waals surface area contributed by atoms with Crippen LogP contribution in [-0.2, 0) is 14.8 Å². The molecule has 100 valence electrons. The lowest BCUT2D eigenvalue weighted by atomic mass is 10.3. The van der Waals surface area contributed by atoms with E-state index < -0.39 is 14.8 Å². The van der Waals surface area contributed by atoms with E-state index in [-0.39, 0.29) is 12.5 Å². The second kappa shape index (κ2) is 5.32. The zero-order valence-corrected chi connectivity index (χ0v) is 11.4. The molecule has 0 bridgehead atoms. The van der Waals surface area contributed by atoms with Crippen LogP contribution < -0.4 is 10.0 Å². The van der Waals surface area contributed by atoms with Gasteiger partial charge in [-0.1, -0.05) is 0 Å². The Balaban J connectivity index is 2.48. The van der Waals surface area contributed by atoms with Crippen LogP contribution in [0, 0.1) is 0 Å². The topological polar surface area (TPSA) is 78.5 Å². The van der Waals surface area contributed by atoms with Crippen molar-refractivity contribution in [1.82, 2.24) is 14.9 Å². The molecule has 7 heteroatoms. The van der Waals surface area contributed by atoms with Crippen LogP contribution in [-0.4, -0.2) is 56.7 Å². The number of carbonyl (C=O) groups is 1. The van der Waals surface area contributed by atoms with Crippen molar-refractivity contribution in [3.8, 4) is 0 Å². The third kappa shape index (κ3) is 3.93. The van der Waals surface area contributed by atoms with E-state index in [2.05, 4.69) is 10.0 Å². The second-order valence-electron chi connectivity index (χ2n) is 5.07. The number of carbonyl (C=O) groups excluding carboxylic acids is 1. The number of nitrogens with zero attached hydrogens (tertiary/aromatic N) is 1. The van der Waals surface area contributed by atoms with Gasteiger partial charge in [0.2, 0.25) is 15.9 Å². The predicted molar refractivity (Wildman–Crippen MR) is 66.1 cm³/mol. The van der Waals surface area contributed by atoms with Gasteiger partial charge in [-0.2, -0.15) is 0 Å². The summed E-state index contributed by atoms with van der Waals surface area (Å²) in [7, 11) is -3.44. The highest BCUT2D eigenvalue weighted by Crippen LogP contribution is 2.12. The van der Waals surface area contributed by atoms with E-state index >= 15 is 0 Å². The minimum atomic E-state index is -3.44. The van der Waals surface area contributed by atoms with E-state index in [0.717, 1.165) is 13.1 Å². The predicted octanol–water partition coefficient (Wildman–Crippen LogP) is -0.864. The summed E-state index contributed by atoms with van der Waals surface area (Å²) in [4.78, 5) is 13.4. The summed E-state index contributed by atoms with van der Waals surface area (Å²) in [5.74, 6) is -0.167. The summed E-state index contributed by atoms with van der Waals surface area (Å²) < 4.78 is 25.0. The van der Waals surface area contributed by atoms with Gasteiger partial charge < -0.3 is 10.2 Å². The summed E-state index contributed by atoms with van der Waals surface area (Å²) in [5, 5.41) is 3.13. The standard InChI is InChI=1S/C10H21N3O3S/c1-10(2,3)17(15,16)12-8-9(14)13-6-4-11-5-7-13/h11-12H,4-8H2,1-3H3. The van der Waals surface area contributed by atoms with Gasteiger partial charge in [-0.15, -0.1) is 0 Å². The van der Waals surface area contributed by atoms with Crippen LogP contribution in [0.15, 0.2) is 0 Å². The fraction of sp³-hybridized carbons (Fsp3) is 0.900. The van der Waals surface area contributed by atoms with Crippen LogP contribution >= 0.6 is 0 Å². The molecule has 1 fully saturated rings. The smallest absolute Gasteiger partial charge is 0.237 e. The van der Waals surface area contributed by atoms with Crippen LogP contribution in [0.1, 0.15) is 20.8 Å². The second-order valence-corrected chi connectivity index (χ2v) is 7.59. The van der Waals surface area contributed by atoms with Gasteiger partial charge in [-0.3, -0.25) is 4.79 Å². The van der Waals surface area contributed by atoms with E-state index in [0.29, 0.717) is 13.1 Å². The normalized spacial score (nSPS) is 18.2. The number of hydrogen-bond donors (Lipinski definition) is 2. The first kappa shape index (κ1) is 14.4. The molecule has 6 nitrogen and oxygen atoms in total. The van der Waals surface area contributed by atoms with Gasteiger partial charge in [-0.25, -0.2) is 13.1 Å². The third-order valence-electron chi connectivity index (χ3n) is 2.69. The first-order chi connectivity index (χ1) is 7.74. The maximum Gasteiger partial charge on any atom is 0.237 e. The van der Waals surface area contributed by atoms with Crippen LogP contribution in [0.3, 0.4) is 0 Å². The van der Waals surface area contributed by atoms with E-state index in [1.807, 2.05) is 0 Å². The maximum absolute atomic E-state index is 11.7. The van der Waals surface area contributed by atoms with E-state index in [4.69, 9.17) is 0 Å². The van der Waals surface area contributed by atoms with E-state index in [1.54, 1.807) is 25.7 Å². The van der Waals surface area contributed by atoms with Gasteiger partial charge in [0.25, 0.3) is 0 Å². The van der Waals surface area contributed by atoms with Gasteiger partial charge in [0.15, 0.2) is 0 Å². The molecular weight excluding hydrogens is 242 g/mol. The molecule has 1 heterocycles. The largest absolute Gasteiger partial charge is 0.339 e. The highest BCUT2D eigenvalue weighted by molar-refractivity contribution is 7.90. The number of hydrogen-bond acceptors (Lipinski definition) is 4. The fourth-order valence-electron chi connectivity index (χ4n) is 1.40. The summed E-state index contributed by atoms with van der Waals surface area (Å²) in [6.07, 6.45) is 0.